The number of amides is 3. The minimum atomic E-state index is -0.821. The number of para-hydroxylation sites is 2. The van der Waals surface area contributed by atoms with Gasteiger partial charge in [0.25, 0.3) is 5.91 Å². The van der Waals surface area contributed by atoms with Crippen molar-refractivity contribution in [2.75, 3.05) is 32.7 Å². The molecule has 2 heterocycles. The molecule has 0 saturated carbocycles. The molecular weight excluding hydrogens is 468 g/mol. The first-order valence-electron chi connectivity index (χ1n) is 11.2. The summed E-state index contributed by atoms with van der Waals surface area (Å²) in [5.41, 5.74) is 7.61. The SMILES string of the molecule is COCCN1Cc2cc(C(=O)NNC(=O)c3nc4ccccc4[nH]3)ccc2NC(CC(=O)OC)C1=O. The molecule has 1 aliphatic rings. The average molecular weight is 495 g/mol. The zero-order valence-corrected chi connectivity index (χ0v) is 19.8. The van der Waals surface area contributed by atoms with Gasteiger partial charge in [0.2, 0.25) is 5.91 Å². The third kappa shape index (κ3) is 5.44. The summed E-state index contributed by atoms with van der Waals surface area (Å²) < 4.78 is 9.84. The molecule has 0 aliphatic carbocycles. The van der Waals surface area contributed by atoms with Crippen LogP contribution in [0.2, 0.25) is 0 Å². The fourth-order valence-corrected chi connectivity index (χ4v) is 3.84. The van der Waals surface area contributed by atoms with E-state index in [0.29, 0.717) is 35.4 Å². The topological polar surface area (TPSA) is 155 Å². The van der Waals surface area contributed by atoms with Crippen molar-refractivity contribution in [3.8, 4) is 0 Å². The largest absolute Gasteiger partial charge is 0.469 e. The maximum atomic E-state index is 13.0. The van der Waals surface area contributed by atoms with Crippen LogP contribution in [0.5, 0.6) is 0 Å². The van der Waals surface area contributed by atoms with Crippen molar-refractivity contribution in [3.05, 3.63) is 59.4 Å². The molecule has 0 bridgehead atoms. The van der Waals surface area contributed by atoms with E-state index >= 15 is 0 Å². The number of ether oxygens (including phenoxy) is 2. The monoisotopic (exact) mass is 494 g/mol. The van der Waals surface area contributed by atoms with Crippen LogP contribution in [0.4, 0.5) is 5.69 Å². The number of esters is 1. The summed E-state index contributed by atoms with van der Waals surface area (Å²) in [5.74, 6) is -1.89. The number of rotatable bonds is 7. The molecule has 36 heavy (non-hydrogen) atoms. The lowest BCUT2D eigenvalue weighted by atomic mass is 10.1. The molecule has 0 saturated heterocycles. The van der Waals surface area contributed by atoms with E-state index in [-0.39, 0.29) is 30.3 Å². The van der Waals surface area contributed by atoms with Crippen molar-refractivity contribution in [1.29, 1.82) is 0 Å². The number of aromatic amines is 1. The molecule has 3 aromatic rings. The maximum Gasteiger partial charge on any atom is 0.308 e. The molecule has 4 N–H and O–H groups in total. The van der Waals surface area contributed by atoms with Crippen LogP contribution < -0.4 is 16.2 Å². The summed E-state index contributed by atoms with van der Waals surface area (Å²) in [7, 11) is 2.79. The lowest BCUT2D eigenvalue weighted by Gasteiger charge is -2.23. The van der Waals surface area contributed by atoms with E-state index in [0.717, 1.165) is 0 Å². The van der Waals surface area contributed by atoms with Crippen molar-refractivity contribution in [2.45, 2.75) is 19.0 Å². The Kier molecular flexibility index (Phi) is 7.44. The fourth-order valence-electron chi connectivity index (χ4n) is 3.84. The van der Waals surface area contributed by atoms with E-state index in [2.05, 4.69) is 26.1 Å². The molecule has 1 aliphatic heterocycles. The molecule has 0 fully saturated rings. The van der Waals surface area contributed by atoms with Gasteiger partial charge >= 0.3 is 11.9 Å². The van der Waals surface area contributed by atoms with Crippen LogP contribution in [0.1, 0.15) is 33.0 Å². The Morgan fingerprint density at radius 2 is 1.89 bits per heavy atom. The normalized spacial score (nSPS) is 15.0. The molecule has 3 amide bonds. The van der Waals surface area contributed by atoms with Gasteiger partial charge in [-0.15, -0.1) is 0 Å². The highest BCUT2D eigenvalue weighted by Gasteiger charge is 2.31. The minimum absolute atomic E-state index is 0.0616. The summed E-state index contributed by atoms with van der Waals surface area (Å²) >= 11 is 0. The number of hydrogen-bond donors (Lipinski definition) is 4. The van der Waals surface area contributed by atoms with Gasteiger partial charge in [0.1, 0.15) is 6.04 Å². The lowest BCUT2D eigenvalue weighted by Crippen LogP contribution is -2.43. The number of imidazole rings is 1. The summed E-state index contributed by atoms with van der Waals surface area (Å²) in [5, 5.41) is 3.08. The van der Waals surface area contributed by atoms with Gasteiger partial charge in [0.15, 0.2) is 5.82 Å². The number of nitrogens with zero attached hydrogens (tertiary/aromatic N) is 2. The van der Waals surface area contributed by atoms with Crippen LogP contribution >= 0.6 is 0 Å². The molecule has 0 spiro atoms. The van der Waals surface area contributed by atoms with Crippen LogP contribution in [-0.2, 0) is 25.6 Å². The zero-order valence-electron chi connectivity index (χ0n) is 19.8. The Hall–Kier alpha value is -4.45. The van der Waals surface area contributed by atoms with E-state index < -0.39 is 23.8 Å². The number of carbonyl (C=O) groups is 4. The van der Waals surface area contributed by atoms with Gasteiger partial charge in [-0.25, -0.2) is 4.98 Å². The Morgan fingerprint density at radius 1 is 1.11 bits per heavy atom. The smallest absolute Gasteiger partial charge is 0.308 e. The predicted octanol–water partition coefficient (Wildman–Crippen LogP) is 0.970. The second kappa shape index (κ2) is 10.9. The number of hydrogen-bond acceptors (Lipinski definition) is 8. The number of carbonyl (C=O) groups excluding carboxylic acids is 4. The van der Waals surface area contributed by atoms with Crippen LogP contribution in [0.3, 0.4) is 0 Å². The number of nitrogens with one attached hydrogen (secondary N) is 4. The van der Waals surface area contributed by atoms with E-state index in [1.165, 1.54) is 14.2 Å². The summed E-state index contributed by atoms with van der Waals surface area (Å²) in [6.45, 7) is 0.812. The molecule has 188 valence electrons. The van der Waals surface area contributed by atoms with Crippen LogP contribution in [0.15, 0.2) is 42.5 Å². The molecule has 2 aromatic carbocycles. The third-order valence-corrected chi connectivity index (χ3v) is 5.73. The molecule has 1 atom stereocenters. The van der Waals surface area contributed by atoms with Gasteiger partial charge in [0, 0.05) is 31.5 Å². The van der Waals surface area contributed by atoms with E-state index in [1.54, 1.807) is 41.3 Å². The first-order chi connectivity index (χ1) is 17.4. The Bertz CT molecular complexity index is 1270. The third-order valence-electron chi connectivity index (χ3n) is 5.73. The van der Waals surface area contributed by atoms with Crippen molar-refractivity contribution in [3.63, 3.8) is 0 Å². The average Bonchev–Trinajstić information content (AvgIpc) is 3.28. The second-order valence-electron chi connectivity index (χ2n) is 8.11. The first-order valence-corrected chi connectivity index (χ1v) is 11.2. The van der Waals surface area contributed by atoms with Crippen molar-refractivity contribution < 1.29 is 28.7 Å². The summed E-state index contributed by atoms with van der Waals surface area (Å²) in [6.07, 6.45) is -0.145. The number of benzene rings is 2. The Labute approximate surface area is 206 Å². The molecule has 1 unspecified atom stereocenters. The van der Waals surface area contributed by atoms with Gasteiger partial charge in [-0.2, -0.15) is 0 Å². The van der Waals surface area contributed by atoms with Crippen LogP contribution in [-0.4, -0.2) is 72.0 Å². The minimum Gasteiger partial charge on any atom is -0.469 e. The number of hydrazine groups is 1. The second-order valence-corrected chi connectivity index (χ2v) is 8.11. The van der Waals surface area contributed by atoms with E-state index in [9.17, 15) is 19.2 Å². The zero-order chi connectivity index (χ0) is 25.7. The number of fused-ring (bicyclic) bond motifs is 2. The highest BCUT2D eigenvalue weighted by atomic mass is 16.5. The van der Waals surface area contributed by atoms with E-state index in [4.69, 9.17) is 9.47 Å². The van der Waals surface area contributed by atoms with Crippen molar-refractivity contribution in [2.24, 2.45) is 0 Å². The highest BCUT2D eigenvalue weighted by Crippen LogP contribution is 2.25. The van der Waals surface area contributed by atoms with Crippen molar-refractivity contribution in [1.82, 2.24) is 25.7 Å². The standard InChI is InChI=1S/C24H26N6O6/c1-35-10-9-30-13-15-11-14(7-8-16(15)25-19(24(30)34)12-20(31)36-2)22(32)28-29-23(33)21-26-17-5-3-4-6-18(17)27-21/h3-8,11,19,25H,9-10,12-13H2,1-2H3,(H,26,27)(H,28,32)(H,29,33). The molecule has 1 aromatic heterocycles. The number of methoxy groups -OCH3 is 2. The summed E-state index contributed by atoms with van der Waals surface area (Å²) in [6, 6.07) is 11.2. The summed E-state index contributed by atoms with van der Waals surface area (Å²) in [4.78, 5) is 58.7. The van der Waals surface area contributed by atoms with Gasteiger partial charge in [-0.1, -0.05) is 12.1 Å². The fraction of sp³-hybridized carbons (Fsp3) is 0.292. The predicted molar refractivity (Wildman–Crippen MR) is 129 cm³/mol. The Balaban J connectivity index is 1.48. The van der Waals surface area contributed by atoms with Gasteiger partial charge in [-0.3, -0.25) is 30.0 Å². The van der Waals surface area contributed by atoms with Crippen LogP contribution in [0.25, 0.3) is 11.0 Å². The van der Waals surface area contributed by atoms with Gasteiger partial charge in [-0.05, 0) is 35.9 Å². The lowest BCUT2D eigenvalue weighted by molar-refractivity contribution is -0.144. The first kappa shape index (κ1) is 24.7. The van der Waals surface area contributed by atoms with Crippen molar-refractivity contribution >= 4 is 40.4 Å². The molecule has 4 rings (SSSR count). The molecule has 0 radical (unpaired) electrons. The van der Waals surface area contributed by atoms with E-state index in [1.807, 2.05) is 6.07 Å². The number of aromatic nitrogens is 2. The van der Waals surface area contributed by atoms with Gasteiger partial charge < -0.3 is 24.7 Å². The van der Waals surface area contributed by atoms with Crippen LogP contribution in [0, 0.1) is 0 Å². The molecular formula is C24H26N6O6. The highest BCUT2D eigenvalue weighted by molar-refractivity contribution is 5.99. The quantitative estimate of drug-likeness (QED) is 0.280. The number of H-pyrrole nitrogens is 1. The molecule has 12 heteroatoms. The molecule has 12 nitrogen and oxygen atoms in total. The van der Waals surface area contributed by atoms with Gasteiger partial charge in [0.05, 0.1) is 31.2 Å². The Morgan fingerprint density at radius 3 is 2.64 bits per heavy atom. The number of anilines is 1. The maximum absolute atomic E-state index is 13.0.